The quantitative estimate of drug-likeness (QED) is 0.550. The third kappa shape index (κ3) is 1.55. The molecule has 1 aliphatic heterocycles. The van der Waals surface area contributed by atoms with Crippen LogP contribution in [0.3, 0.4) is 0 Å². The number of ketones is 1. The molecule has 3 nitrogen and oxygen atoms in total. The SMILES string of the molecule is CC(=O)[C@@H]1C[C@H](CO)CN1. The summed E-state index contributed by atoms with van der Waals surface area (Å²) in [6.45, 7) is 2.55. The second kappa shape index (κ2) is 3.12. The Morgan fingerprint density at radius 1 is 1.80 bits per heavy atom. The van der Waals surface area contributed by atoms with Gasteiger partial charge in [-0.25, -0.2) is 0 Å². The summed E-state index contributed by atoms with van der Waals surface area (Å²) in [5.74, 6) is 0.463. The van der Waals surface area contributed by atoms with Gasteiger partial charge in [-0.15, -0.1) is 0 Å². The van der Waals surface area contributed by atoms with Crippen LogP contribution >= 0.6 is 0 Å². The molecule has 1 heterocycles. The summed E-state index contributed by atoms with van der Waals surface area (Å²) in [6.07, 6.45) is 0.797. The summed E-state index contributed by atoms with van der Waals surface area (Å²) in [5.41, 5.74) is 0. The van der Waals surface area contributed by atoms with Crippen LogP contribution in [0, 0.1) is 5.92 Å². The topological polar surface area (TPSA) is 49.3 Å². The molecule has 0 spiro atoms. The largest absolute Gasteiger partial charge is 0.396 e. The molecule has 3 heteroatoms. The third-order valence-corrected chi connectivity index (χ3v) is 1.97. The number of aliphatic hydroxyl groups is 1. The van der Waals surface area contributed by atoms with Gasteiger partial charge in [-0.1, -0.05) is 0 Å². The first-order valence-corrected chi connectivity index (χ1v) is 3.58. The van der Waals surface area contributed by atoms with Gasteiger partial charge >= 0.3 is 0 Å². The number of carbonyl (C=O) groups is 1. The van der Waals surface area contributed by atoms with Gasteiger partial charge < -0.3 is 10.4 Å². The van der Waals surface area contributed by atoms with Crippen molar-refractivity contribution in [3.63, 3.8) is 0 Å². The molecule has 1 aliphatic rings. The second-order valence-corrected chi connectivity index (χ2v) is 2.86. The Kier molecular flexibility index (Phi) is 2.40. The predicted octanol–water partition coefficient (Wildman–Crippen LogP) is -0.454. The Bertz CT molecular complexity index is 136. The molecule has 10 heavy (non-hydrogen) atoms. The Balaban J connectivity index is 2.35. The summed E-state index contributed by atoms with van der Waals surface area (Å²) in [4.78, 5) is 10.8. The Morgan fingerprint density at radius 2 is 2.50 bits per heavy atom. The summed E-state index contributed by atoms with van der Waals surface area (Å²) in [5, 5.41) is 11.8. The van der Waals surface area contributed by atoms with E-state index in [-0.39, 0.29) is 24.3 Å². The molecular weight excluding hydrogens is 130 g/mol. The third-order valence-electron chi connectivity index (χ3n) is 1.97. The van der Waals surface area contributed by atoms with E-state index in [1.807, 2.05) is 0 Å². The van der Waals surface area contributed by atoms with Crippen LogP contribution < -0.4 is 5.32 Å². The van der Waals surface area contributed by atoms with Crippen molar-refractivity contribution in [2.45, 2.75) is 19.4 Å². The second-order valence-electron chi connectivity index (χ2n) is 2.86. The minimum atomic E-state index is -0.00264. The summed E-state index contributed by atoms with van der Waals surface area (Å²) in [7, 11) is 0. The van der Waals surface area contributed by atoms with Gasteiger partial charge in [0.25, 0.3) is 0 Å². The molecule has 0 saturated carbocycles. The number of Topliss-reactive ketones (excluding diaryl/α,β-unsaturated/α-hetero) is 1. The van der Waals surface area contributed by atoms with E-state index in [0.717, 1.165) is 13.0 Å². The molecular formula is C7H13NO2. The zero-order valence-corrected chi connectivity index (χ0v) is 6.13. The van der Waals surface area contributed by atoms with Crippen molar-refractivity contribution in [3.05, 3.63) is 0 Å². The van der Waals surface area contributed by atoms with Crippen molar-refractivity contribution in [2.24, 2.45) is 5.92 Å². The molecule has 0 amide bonds. The van der Waals surface area contributed by atoms with Gasteiger partial charge in [0, 0.05) is 13.2 Å². The lowest BCUT2D eigenvalue weighted by Crippen LogP contribution is -2.28. The minimum absolute atomic E-state index is 0.00264. The Labute approximate surface area is 60.4 Å². The van der Waals surface area contributed by atoms with E-state index in [9.17, 15) is 4.79 Å². The van der Waals surface area contributed by atoms with Crippen molar-refractivity contribution in [1.29, 1.82) is 0 Å². The fraction of sp³-hybridized carbons (Fsp3) is 0.857. The number of hydrogen-bond donors (Lipinski definition) is 2. The smallest absolute Gasteiger partial charge is 0.146 e. The highest BCUT2D eigenvalue weighted by atomic mass is 16.3. The number of aliphatic hydroxyl groups excluding tert-OH is 1. The van der Waals surface area contributed by atoms with Crippen LogP contribution in [-0.2, 0) is 4.79 Å². The zero-order valence-electron chi connectivity index (χ0n) is 6.13. The maximum atomic E-state index is 10.8. The first-order chi connectivity index (χ1) is 4.74. The number of carbonyl (C=O) groups excluding carboxylic acids is 1. The van der Waals surface area contributed by atoms with Gasteiger partial charge in [0.1, 0.15) is 5.78 Å². The average Bonchev–Trinajstić information content (AvgIpc) is 2.34. The summed E-state index contributed by atoms with van der Waals surface area (Å²) in [6, 6.07) is -0.00264. The molecule has 0 aliphatic carbocycles. The van der Waals surface area contributed by atoms with Crippen LogP contribution in [-0.4, -0.2) is 30.1 Å². The number of hydrogen-bond acceptors (Lipinski definition) is 3. The van der Waals surface area contributed by atoms with E-state index in [1.165, 1.54) is 0 Å². The molecule has 2 atom stereocenters. The maximum absolute atomic E-state index is 10.8. The number of rotatable bonds is 2. The molecule has 58 valence electrons. The molecule has 0 aromatic carbocycles. The molecule has 0 radical (unpaired) electrons. The van der Waals surface area contributed by atoms with Crippen LogP contribution in [0.5, 0.6) is 0 Å². The van der Waals surface area contributed by atoms with E-state index >= 15 is 0 Å². The summed E-state index contributed by atoms with van der Waals surface area (Å²) < 4.78 is 0. The molecule has 1 fully saturated rings. The van der Waals surface area contributed by atoms with E-state index in [1.54, 1.807) is 6.92 Å². The van der Waals surface area contributed by atoms with Crippen molar-refractivity contribution in [1.82, 2.24) is 5.32 Å². The van der Waals surface area contributed by atoms with Gasteiger partial charge in [0.15, 0.2) is 0 Å². The predicted molar refractivity (Wildman–Crippen MR) is 37.7 cm³/mol. The molecule has 1 rings (SSSR count). The lowest BCUT2D eigenvalue weighted by Gasteiger charge is -2.03. The first-order valence-electron chi connectivity index (χ1n) is 3.58. The van der Waals surface area contributed by atoms with Gasteiger partial charge in [-0.3, -0.25) is 4.79 Å². The molecule has 0 unspecified atom stereocenters. The average molecular weight is 143 g/mol. The van der Waals surface area contributed by atoms with Gasteiger partial charge in [-0.2, -0.15) is 0 Å². The van der Waals surface area contributed by atoms with Crippen LogP contribution in [0.1, 0.15) is 13.3 Å². The summed E-state index contributed by atoms with van der Waals surface area (Å²) >= 11 is 0. The fourth-order valence-corrected chi connectivity index (χ4v) is 1.26. The van der Waals surface area contributed by atoms with Crippen LogP contribution in [0.2, 0.25) is 0 Å². The lowest BCUT2D eigenvalue weighted by atomic mass is 10.1. The Hall–Kier alpha value is -0.410. The van der Waals surface area contributed by atoms with Crippen molar-refractivity contribution in [2.75, 3.05) is 13.2 Å². The van der Waals surface area contributed by atoms with Crippen molar-refractivity contribution in [3.8, 4) is 0 Å². The van der Waals surface area contributed by atoms with Gasteiger partial charge in [0.05, 0.1) is 6.04 Å². The van der Waals surface area contributed by atoms with Crippen LogP contribution in [0.4, 0.5) is 0 Å². The highest BCUT2D eigenvalue weighted by Gasteiger charge is 2.25. The number of nitrogens with one attached hydrogen (secondary N) is 1. The van der Waals surface area contributed by atoms with E-state index in [2.05, 4.69) is 5.32 Å². The molecule has 2 N–H and O–H groups in total. The molecule has 0 bridgehead atoms. The standard InChI is InChI=1S/C7H13NO2/c1-5(10)7-2-6(4-9)3-8-7/h6-9H,2-4H2,1H3/t6-,7-/m0/s1. The van der Waals surface area contributed by atoms with Crippen molar-refractivity contribution >= 4 is 5.78 Å². The maximum Gasteiger partial charge on any atom is 0.146 e. The van der Waals surface area contributed by atoms with Crippen LogP contribution in [0.15, 0.2) is 0 Å². The highest BCUT2D eigenvalue weighted by molar-refractivity contribution is 5.81. The normalized spacial score (nSPS) is 32.6. The fourth-order valence-electron chi connectivity index (χ4n) is 1.26. The van der Waals surface area contributed by atoms with Gasteiger partial charge in [0.2, 0.25) is 0 Å². The zero-order chi connectivity index (χ0) is 7.56. The molecule has 1 saturated heterocycles. The molecule has 0 aromatic rings. The minimum Gasteiger partial charge on any atom is -0.396 e. The van der Waals surface area contributed by atoms with E-state index in [4.69, 9.17) is 5.11 Å². The lowest BCUT2D eigenvalue weighted by molar-refractivity contribution is -0.118. The van der Waals surface area contributed by atoms with Crippen molar-refractivity contribution < 1.29 is 9.90 Å². The Morgan fingerprint density at radius 3 is 2.80 bits per heavy atom. The monoisotopic (exact) mass is 143 g/mol. The molecule has 0 aromatic heterocycles. The van der Waals surface area contributed by atoms with E-state index < -0.39 is 0 Å². The van der Waals surface area contributed by atoms with E-state index in [0.29, 0.717) is 0 Å². The first kappa shape index (κ1) is 7.69. The highest BCUT2D eigenvalue weighted by Crippen LogP contribution is 2.13. The van der Waals surface area contributed by atoms with Crippen LogP contribution in [0.25, 0.3) is 0 Å². The van der Waals surface area contributed by atoms with Gasteiger partial charge in [-0.05, 0) is 19.3 Å².